The maximum atomic E-state index is 11.8. The molecule has 5 heteroatoms. The number of carbonyl (C=O) groups is 2. The number of rotatable bonds is 11. The molecule has 39 heavy (non-hydrogen) atoms. The van der Waals surface area contributed by atoms with E-state index in [2.05, 4.69) is 67.5 Å². The molecule has 6 atom stereocenters. The van der Waals surface area contributed by atoms with E-state index in [1.807, 2.05) is 0 Å². The molecule has 5 nitrogen and oxygen atoms in total. The maximum absolute atomic E-state index is 11.8. The van der Waals surface area contributed by atoms with E-state index in [0.717, 1.165) is 56.3 Å². The van der Waals surface area contributed by atoms with Crippen LogP contribution in [0.4, 0.5) is 0 Å². The van der Waals surface area contributed by atoms with Gasteiger partial charge in [-0.2, -0.15) is 0 Å². The highest BCUT2D eigenvalue weighted by molar-refractivity contribution is 5.73. The lowest BCUT2D eigenvalue weighted by Crippen LogP contribution is -2.26. The molecule has 224 valence electrons. The van der Waals surface area contributed by atoms with E-state index in [-0.39, 0.29) is 28.6 Å². The summed E-state index contributed by atoms with van der Waals surface area (Å²) in [7, 11) is 0. The Morgan fingerprint density at radius 1 is 0.821 bits per heavy atom. The number of carbonyl (C=O) groups excluding carboxylic acids is 1. The van der Waals surface area contributed by atoms with Gasteiger partial charge in [0.2, 0.25) is 0 Å². The Kier molecular flexibility index (Phi) is 12.8. The molecule has 0 aromatic carbocycles. The molecule has 0 aliphatic heterocycles. The van der Waals surface area contributed by atoms with Gasteiger partial charge in [-0.05, 0) is 108 Å². The summed E-state index contributed by atoms with van der Waals surface area (Å²) in [6.45, 7) is 18.7. The number of hydrogen-bond acceptors (Lipinski definition) is 4. The molecule has 0 unspecified atom stereocenters. The standard InChI is InChI=1S/C17H28O2.C12H22O.C5H8O2/c1-12(2)8-9-13(3)15-10-17(15,4)11-19-16(18)14-6-5-7-14;1-9(2)5-6-10(3)11-7-12(11,4)8-13;6-5(7)4-2-1-3-4/h8,13-15H,5-7,9-11H2,1-4H3;5,10-11,13H,6-8H2,1-4H3;4H,1-3H2,(H,6,7)/t13-,15-,17-;10-,11-,12-;/m11./s1. The van der Waals surface area contributed by atoms with Crippen molar-refractivity contribution >= 4 is 11.9 Å². The molecule has 0 heterocycles. The third-order valence-corrected chi connectivity index (χ3v) is 9.81. The van der Waals surface area contributed by atoms with Crippen LogP contribution in [0.5, 0.6) is 0 Å². The van der Waals surface area contributed by atoms with Crippen molar-refractivity contribution < 1.29 is 24.5 Å². The number of allylic oxidation sites excluding steroid dienone is 4. The number of ether oxygens (including phenoxy) is 1. The zero-order valence-electron chi connectivity index (χ0n) is 26.2. The zero-order valence-corrected chi connectivity index (χ0v) is 26.2. The molecule has 0 radical (unpaired) electrons. The van der Waals surface area contributed by atoms with Gasteiger partial charge >= 0.3 is 11.9 Å². The minimum Gasteiger partial charge on any atom is -0.481 e. The lowest BCUT2D eigenvalue weighted by molar-refractivity contribution is -0.153. The summed E-state index contributed by atoms with van der Waals surface area (Å²) in [6.07, 6.45) is 15.5. The Morgan fingerprint density at radius 3 is 1.56 bits per heavy atom. The van der Waals surface area contributed by atoms with Gasteiger partial charge in [-0.15, -0.1) is 0 Å². The first kappa shape index (κ1) is 33.6. The van der Waals surface area contributed by atoms with Crippen molar-refractivity contribution in [2.24, 2.45) is 46.3 Å². The van der Waals surface area contributed by atoms with Gasteiger partial charge in [0.1, 0.15) is 0 Å². The van der Waals surface area contributed by atoms with Crippen LogP contribution >= 0.6 is 0 Å². The quantitative estimate of drug-likeness (QED) is 0.201. The third-order valence-electron chi connectivity index (χ3n) is 9.81. The van der Waals surface area contributed by atoms with Gasteiger partial charge in [0, 0.05) is 12.0 Å². The molecule has 0 spiro atoms. The predicted molar refractivity (Wildman–Crippen MR) is 159 cm³/mol. The lowest BCUT2D eigenvalue weighted by Gasteiger charge is -2.24. The van der Waals surface area contributed by atoms with Crippen molar-refractivity contribution in [1.29, 1.82) is 0 Å². The average Bonchev–Trinajstić information content (AvgIpc) is 3.67. The third kappa shape index (κ3) is 10.7. The Hall–Kier alpha value is -1.62. The first-order chi connectivity index (χ1) is 18.2. The van der Waals surface area contributed by atoms with Crippen LogP contribution in [-0.2, 0) is 14.3 Å². The number of hydrogen-bond donors (Lipinski definition) is 2. The molecule has 2 N–H and O–H groups in total. The van der Waals surface area contributed by atoms with E-state index in [0.29, 0.717) is 19.1 Å². The van der Waals surface area contributed by atoms with Gasteiger partial charge in [0.25, 0.3) is 0 Å². The SMILES string of the molecule is CC(C)=CC[C@@H](C)[C@H]1C[C@]1(C)CO.CC(C)=CC[C@@H](C)[C@H]1C[C@]1(C)COC(=O)C1CCC1.O=C(O)C1CCC1. The number of carboxylic acids is 1. The van der Waals surface area contributed by atoms with Crippen molar-refractivity contribution in [3.05, 3.63) is 23.3 Å². The van der Waals surface area contributed by atoms with E-state index < -0.39 is 5.97 Å². The fraction of sp³-hybridized carbons (Fsp3) is 0.824. The minimum absolute atomic E-state index is 0.000000000000000444. The second kappa shape index (κ2) is 14.8. The summed E-state index contributed by atoms with van der Waals surface area (Å²) in [5.41, 5.74) is 3.28. The minimum atomic E-state index is -0.619. The molecule has 0 aromatic rings. The van der Waals surface area contributed by atoms with Crippen molar-refractivity contribution in [2.75, 3.05) is 13.2 Å². The van der Waals surface area contributed by atoms with Crippen LogP contribution in [0.1, 0.15) is 120 Å². The molecular weight excluding hydrogens is 488 g/mol. The van der Waals surface area contributed by atoms with Crippen LogP contribution in [0.25, 0.3) is 0 Å². The highest BCUT2D eigenvalue weighted by Crippen LogP contribution is 2.57. The van der Waals surface area contributed by atoms with Gasteiger partial charge in [0.05, 0.1) is 18.4 Å². The molecule has 4 saturated carbocycles. The smallest absolute Gasteiger partial charge is 0.308 e. The Morgan fingerprint density at radius 2 is 1.26 bits per heavy atom. The number of aliphatic hydroxyl groups is 1. The number of carboxylic acid groups (broad SMARTS) is 1. The summed E-state index contributed by atoms with van der Waals surface area (Å²) in [5, 5.41) is 17.4. The first-order valence-electron chi connectivity index (χ1n) is 15.5. The summed E-state index contributed by atoms with van der Waals surface area (Å²) >= 11 is 0. The number of aliphatic carboxylic acids is 1. The molecule has 4 rings (SSSR count). The van der Waals surface area contributed by atoms with Gasteiger partial charge < -0.3 is 14.9 Å². The van der Waals surface area contributed by atoms with Crippen LogP contribution in [0.2, 0.25) is 0 Å². The molecule has 0 saturated heterocycles. The molecule has 0 aromatic heterocycles. The summed E-state index contributed by atoms with van der Waals surface area (Å²) < 4.78 is 5.52. The highest BCUT2D eigenvalue weighted by atomic mass is 16.5. The normalized spacial score (nSPS) is 30.4. The average molecular weight is 547 g/mol. The predicted octanol–water partition coefficient (Wildman–Crippen LogP) is 8.22. The highest BCUT2D eigenvalue weighted by Gasteiger charge is 2.53. The van der Waals surface area contributed by atoms with Crippen LogP contribution in [0, 0.1) is 46.3 Å². The second-order valence-corrected chi connectivity index (χ2v) is 14.3. The van der Waals surface area contributed by atoms with Gasteiger partial charge in [0.15, 0.2) is 0 Å². The summed E-state index contributed by atoms with van der Waals surface area (Å²) in [4.78, 5) is 21.7. The topological polar surface area (TPSA) is 83.8 Å². The second-order valence-electron chi connectivity index (χ2n) is 14.3. The van der Waals surface area contributed by atoms with Gasteiger partial charge in [-0.25, -0.2) is 0 Å². The van der Waals surface area contributed by atoms with E-state index in [1.54, 1.807) is 0 Å². The van der Waals surface area contributed by atoms with Crippen LogP contribution in [0.15, 0.2) is 23.3 Å². The van der Waals surface area contributed by atoms with Crippen molar-refractivity contribution in [1.82, 2.24) is 0 Å². The molecule has 0 amide bonds. The molecule has 4 aliphatic rings. The fourth-order valence-corrected chi connectivity index (χ4v) is 5.84. The van der Waals surface area contributed by atoms with E-state index in [9.17, 15) is 9.59 Å². The first-order valence-corrected chi connectivity index (χ1v) is 15.5. The zero-order chi connectivity index (χ0) is 29.4. The van der Waals surface area contributed by atoms with Crippen LogP contribution in [-0.4, -0.2) is 35.4 Å². The van der Waals surface area contributed by atoms with Crippen molar-refractivity contribution in [3.63, 3.8) is 0 Å². The monoisotopic (exact) mass is 546 g/mol. The molecule has 0 bridgehead atoms. The Balaban J connectivity index is 0.000000229. The fourth-order valence-electron chi connectivity index (χ4n) is 5.84. The summed E-state index contributed by atoms with van der Waals surface area (Å²) in [5.74, 6) is 2.53. The van der Waals surface area contributed by atoms with E-state index in [4.69, 9.17) is 14.9 Å². The van der Waals surface area contributed by atoms with Crippen LogP contribution in [0.3, 0.4) is 0 Å². The summed E-state index contributed by atoms with van der Waals surface area (Å²) in [6, 6.07) is 0. The van der Waals surface area contributed by atoms with Gasteiger partial charge in [-0.3, -0.25) is 9.59 Å². The van der Waals surface area contributed by atoms with Crippen molar-refractivity contribution in [3.8, 4) is 0 Å². The molecule has 4 aliphatic carbocycles. The Labute approximate surface area is 238 Å². The number of aliphatic hydroxyl groups excluding tert-OH is 1. The van der Waals surface area contributed by atoms with Crippen molar-refractivity contribution in [2.45, 2.75) is 120 Å². The maximum Gasteiger partial charge on any atom is 0.308 e. The molecular formula is C34H58O5. The number of esters is 1. The van der Waals surface area contributed by atoms with E-state index in [1.165, 1.54) is 36.8 Å². The largest absolute Gasteiger partial charge is 0.481 e. The lowest BCUT2D eigenvalue weighted by atomic mass is 9.85. The molecule has 4 fully saturated rings. The van der Waals surface area contributed by atoms with Crippen LogP contribution < -0.4 is 0 Å². The van der Waals surface area contributed by atoms with Gasteiger partial charge in [-0.1, -0.05) is 63.8 Å². The van der Waals surface area contributed by atoms with E-state index >= 15 is 0 Å². The Bertz CT molecular complexity index is 859.